The molecule has 0 aromatic carbocycles. The Kier molecular flexibility index (Phi) is 42.2. The number of aliphatic hydroxyl groups excluding tert-OH is 2. The molecule has 0 rings (SSSR count). The average molecular weight is 760 g/mol. The Morgan fingerprint density at radius 1 is 0.519 bits per heavy atom. The van der Waals surface area contributed by atoms with Gasteiger partial charge in [0.1, 0.15) is 0 Å². The molecule has 6 heteroatoms. The predicted molar refractivity (Wildman–Crippen MR) is 232 cm³/mol. The van der Waals surface area contributed by atoms with Gasteiger partial charge in [0.25, 0.3) is 0 Å². The second kappa shape index (κ2) is 43.8. The number of carbonyl (C=O) groups excluding carboxylic acids is 2. The van der Waals surface area contributed by atoms with Crippen LogP contribution in [0.15, 0.2) is 36.5 Å². The number of allylic oxidation sites excluding steroid dienone is 6. The molecule has 54 heavy (non-hydrogen) atoms. The molecule has 0 aromatic rings. The van der Waals surface area contributed by atoms with Gasteiger partial charge in [0, 0.05) is 12.8 Å². The number of hydrogen-bond donors (Lipinski definition) is 3. The molecule has 0 radical (unpaired) electrons. The summed E-state index contributed by atoms with van der Waals surface area (Å²) in [4.78, 5) is 24.3. The van der Waals surface area contributed by atoms with Crippen molar-refractivity contribution in [1.29, 1.82) is 0 Å². The molecule has 6 nitrogen and oxygen atoms in total. The summed E-state index contributed by atoms with van der Waals surface area (Å²) in [6.07, 6.45) is 51.2. The van der Waals surface area contributed by atoms with E-state index in [2.05, 4.69) is 49.5 Å². The van der Waals surface area contributed by atoms with Crippen LogP contribution < -0.4 is 5.32 Å². The zero-order chi connectivity index (χ0) is 39.4. The van der Waals surface area contributed by atoms with Crippen molar-refractivity contribution in [1.82, 2.24) is 5.32 Å². The molecule has 2 atom stereocenters. The lowest BCUT2D eigenvalue weighted by Crippen LogP contribution is -2.45. The van der Waals surface area contributed by atoms with Crippen LogP contribution in [0.25, 0.3) is 0 Å². The second-order valence-corrected chi connectivity index (χ2v) is 15.7. The first-order valence-corrected chi connectivity index (χ1v) is 23.2. The first-order valence-electron chi connectivity index (χ1n) is 23.2. The summed E-state index contributed by atoms with van der Waals surface area (Å²) < 4.78 is 5.43. The average Bonchev–Trinajstić information content (AvgIpc) is 3.17. The molecule has 0 aliphatic heterocycles. The van der Waals surface area contributed by atoms with Gasteiger partial charge in [-0.05, 0) is 70.6 Å². The lowest BCUT2D eigenvalue weighted by molar-refractivity contribution is -0.143. The summed E-state index contributed by atoms with van der Waals surface area (Å²) >= 11 is 0. The highest BCUT2D eigenvalue weighted by Gasteiger charge is 2.19. The maximum absolute atomic E-state index is 12.3. The highest BCUT2D eigenvalue weighted by molar-refractivity contribution is 5.76. The number of amides is 1. The van der Waals surface area contributed by atoms with E-state index in [1.54, 1.807) is 0 Å². The van der Waals surface area contributed by atoms with Crippen molar-refractivity contribution < 1.29 is 24.5 Å². The molecule has 316 valence electrons. The normalized spacial score (nSPS) is 13.0. The SMILES string of the molecule is CCCCCCC/C=C\CCCCCCCC(=O)OCCCCCCCC/C=C\C/C=C\CCC(=O)NC(CO)C(O)CCCCCCCCCCCC. The Labute approximate surface area is 334 Å². The topological polar surface area (TPSA) is 95.9 Å². The molecular formula is C48H89NO5. The monoisotopic (exact) mass is 760 g/mol. The third-order valence-electron chi connectivity index (χ3n) is 10.4. The lowest BCUT2D eigenvalue weighted by Gasteiger charge is -2.22. The van der Waals surface area contributed by atoms with Crippen molar-refractivity contribution in [2.24, 2.45) is 0 Å². The van der Waals surface area contributed by atoms with Crippen LogP contribution in [0, 0.1) is 0 Å². The minimum Gasteiger partial charge on any atom is -0.466 e. The van der Waals surface area contributed by atoms with Gasteiger partial charge in [-0.2, -0.15) is 0 Å². The maximum Gasteiger partial charge on any atom is 0.305 e. The van der Waals surface area contributed by atoms with Gasteiger partial charge in [-0.15, -0.1) is 0 Å². The van der Waals surface area contributed by atoms with Crippen molar-refractivity contribution in [3.05, 3.63) is 36.5 Å². The molecule has 3 N–H and O–H groups in total. The first-order chi connectivity index (χ1) is 26.5. The van der Waals surface area contributed by atoms with E-state index in [4.69, 9.17) is 4.74 Å². The molecular weight excluding hydrogens is 671 g/mol. The minimum absolute atomic E-state index is 0.0267. The van der Waals surface area contributed by atoms with Gasteiger partial charge in [-0.25, -0.2) is 0 Å². The van der Waals surface area contributed by atoms with Crippen LogP contribution in [0.4, 0.5) is 0 Å². The smallest absolute Gasteiger partial charge is 0.305 e. The molecule has 0 fully saturated rings. The Balaban J connectivity index is 3.56. The number of aliphatic hydroxyl groups is 2. The fourth-order valence-electron chi connectivity index (χ4n) is 6.80. The van der Waals surface area contributed by atoms with Gasteiger partial charge < -0.3 is 20.3 Å². The van der Waals surface area contributed by atoms with Gasteiger partial charge in [-0.1, -0.05) is 185 Å². The van der Waals surface area contributed by atoms with E-state index in [1.807, 2.05) is 6.08 Å². The number of ether oxygens (including phenoxy) is 1. The zero-order valence-corrected chi connectivity index (χ0v) is 35.7. The van der Waals surface area contributed by atoms with Crippen molar-refractivity contribution in [3.63, 3.8) is 0 Å². The van der Waals surface area contributed by atoms with Crippen LogP contribution in [0.5, 0.6) is 0 Å². The van der Waals surface area contributed by atoms with E-state index in [0.717, 1.165) is 51.4 Å². The van der Waals surface area contributed by atoms with E-state index in [-0.39, 0.29) is 18.5 Å². The van der Waals surface area contributed by atoms with Crippen molar-refractivity contribution in [3.8, 4) is 0 Å². The molecule has 0 bridgehead atoms. The van der Waals surface area contributed by atoms with Gasteiger partial charge in [0.15, 0.2) is 0 Å². The molecule has 1 amide bonds. The molecule has 0 aliphatic carbocycles. The highest BCUT2D eigenvalue weighted by Crippen LogP contribution is 2.14. The number of hydrogen-bond acceptors (Lipinski definition) is 5. The van der Waals surface area contributed by atoms with Crippen LogP contribution >= 0.6 is 0 Å². The molecule has 2 unspecified atom stereocenters. The Morgan fingerprint density at radius 2 is 0.944 bits per heavy atom. The van der Waals surface area contributed by atoms with Gasteiger partial charge in [0.05, 0.1) is 25.4 Å². The molecule has 0 saturated carbocycles. The molecule has 0 spiro atoms. The largest absolute Gasteiger partial charge is 0.466 e. The standard InChI is InChI=1S/C48H89NO5/c1-3-5-7-9-11-13-15-16-19-22-26-30-34-38-42-48(53)54-43-39-35-31-27-23-20-17-18-21-25-29-33-37-41-47(52)49-45(44-50)46(51)40-36-32-28-24-14-12-10-8-6-4-2/h15-16,18,21,29,33,45-46,50-51H,3-14,17,19-20,22-28,30-32,34-44H2,1-2H3,(H,49,52)/b16-15-,21-18-,33-29-. The summed E-state index contributed by atoms with van der Waals surface area (Å²) in [5.41, 5.74) is 0. The summed E-state index contributed by atoms with van der Waals surface area (Å²) in [5, 5.41) is 23.0. The summed E-state index contributed by atoms with van der Waals surface area (Å²) in [5.74, 6) is -0.146. The highest BCUT2D eigenvalue weighted by atomic mass is 16.5. The first kappa shape index (κ1) is 52.1. The molecule has 0 saturated heterocycles. The molecule has 0 aromatic heterocycles. The number of unbranched alkanes of at least 4 members (excludes halogenated alkanes) is 25. The van der Waals surface area contributed by atoms with Crippen molar-refractivity contribution in [2.75, 3.05) is 13.2 Å². The lowest BCUT2D eigenvalue weighted by atomic mass is 10.0. The van der Waals surface area contributed by atoms with Crippen LogP contribution in [0.1, 0.15) is 232 Å². The van der Waals surface area contributed by atoms with Crippen molar-refractivity contribution >= 4 is 11.9 Å². The molecule has 0 aliphatic rings. The minimum atomic E-state index is -0.697. The zero-order valence-electron chi connectivity index (χ0n) is 35.7. The third kappa shape index (κ3) is 39.8. The van der Waals surface area contributed by atoms with Crippen molar-refractivity contribution in [2.45, 2.75) is 244 Å². The molecule has 0 heterocycles. The fourth-order valence-corrected chi connectivity index (χ4v) is 6.80. The van der Waals surface area contributed by atoms with Gasteiger partial charge >= 0.3 is 5.97 Å². The summed E-state index contributed by atoms with van der Waals surface area (Å²) in [6.45, 7) is 4.84. The summed E-state index contributed by atoms with van der Waals surface area (Å²) in [6, 6.07) is -0.584. The predicted octanol–water partition coefficient (Wildman–Crippen LogP) is 13.3. The number of carbonyl (C=O) groups is 2. The van der Waals surface area contributed by atoms with Crippen LogP contribution in [-0.4, -0.2) is 47.4 Å². The maximum atomic E-state index is 12.3. The Bertz CT molecular complexity index is 884. The quantitative estimate of drug-likeness (QED) is 0.0327. The van der Waals surface area contributed by atoms with Crippen LogP contribution in [0.2, 0.25) is 0 Å². The van der Waals surface area contributed by atoms with E-state index in [1.165, 1.54) is 141 Å². The van der Waals surface area contributed by atoms with E-state index in [0.29, 0.717) is 32.3 Å². The fraction of sp³-hybridized carbons (Fsp3) is 0.833. The Morgan fingerprint density at radius 3 is 1.46 bits per heavy atom. The Hall–Kier alpha value is -1.92. The second-order valence-electron chi connectivity index (χ2n) is 15.7. The number of esters is 1. The van der Waals surface area contributed by atoms with E-state index < -0.39 is 12.1 Å². The third-order valence-corrected chi connectivity index (χ3v) is 10.4. The number of nitrogens with one attached hydrogen (secondary N) is 1. The van der Waals surface area contributed by atoms with Gasteiger partial charge in [-0.3, -0.25) is 9.59 Å². The van der Waals surface area contributed by atoms with Crippen LogP contribution in [0.3, 0.4) is 0 Å². The van der Waals surface area contributed by atoms with E-state index >= 15 is 0 Å². The number of rotatable bonds is 42. The van der Waals surface area contributed by atoms with Crippen LogP contribution in [-0.2, 0) is 14.3 Å². The summed E-state index contributed by atoms with van der Waals surface area (Å²) in [7, 11) is 0. The van der Waals surface area contributed by atoms with Gasteiger partial charge in [0.2, 0.25) is 5.91 Å². The van der Waals surface area contributed by atoms with E-state index in [9.17, 15) is 19.8 Å².